The highest BCUT2D eigenvalue weighted by atomic mass is 32.2. The van der Waals surface area contributed by atoms with Crippen LogP contribution < -0.4 is 5.32 Å². The highest BCUT2D eigenvalue weighted by Crippen LogP contribution is 2.35. The number of H-pyrrole nitrogens is 1. The number of carbonyl (C=O) groups is 1. The summed E-state index contributed by atoms with van der Waals surface area (Å²) in [6, 6.07) is 7.88. The van der Waals surface area contributed by atoms with Crippen molar-refractivity contribution in [2.45, 2.75) is 63.1 Å². The van der Waals surface area contributed by atoms with Gasteiger partial charge in [-0.2, -0.15) is 16.9 Å². The number of benzene rings is 1. The Bertz CT molecular complexity index is 1050. The molecule has 2 N–H and O–H groups in total. The molecular weight excluding hydrogens is 404 g/mol. The van der Waals surface area contributed by atoms with Crippen molar-refractivity contribution in [2.75, 3.05) is 0 Å². The summed E-state index contributed by atoms with van der Waals surface area (Å²) in [5.74, 6) is 1.70. The molecule has 4 rings (SSSR count). The van der Waals surface area contributed by atoms with Crippen LogP contribution in [0.25, 0.3) is 11.0 Å². The molecule has 1 saturated carbocycles. The van der Waals surface area contributed by atoms with E-state index in [-0.39, 0.29) is 5.91 Å². The normalized spacial score (nSPS) is 15.1. The number of para-hydroxylation sites is 1. The van der Waals surface area contributed by atoms with Gasteiger partial charge in [-0.3, -0.25) is 9.89 Å². The van der Waals surface area contributed by atoms with Crippen LogP contribution >= 0.6 is 24.0 Å². The van der Waals surface area contributed by atoms with Crippen molar-refractivity contribution in [3.8, 4) is 0 Å². The summed E-state index contributed by atoms with van der Waals surface area (Å²) in [6.45, 7) is 3.00. The minimum absolute atomic E-state index is 0.211. The van der Waals surface area contributed by atoms with Crippen LogP contribution in [0.5, 0.6) is 0 Å². The van der Waals surface area contributed by atoms with Crippen LogP contribution in [0.2, 0.25) is 0 Å². The van der Waals surface area contributed by atoms with Gasteiger partial charge >= 0.3 is 0 Å². The largest absolute Gasteiger partial charge is 0.451 e. The van der Waals surface area contributed by atoms with Gasteiger partial charge in [-0.05, 0) is 38.0 Å². The Morgan fingerprint density at radius 3 is 2.93 bits per heavy atom. The third-order valence-electron chi connectivity index (χ3n) is 5.48. The number of amides is 1. The Morgan fingerprint density at radius 1 is 1.34 bits per heavy atom. The van der Waals surface area contributed by atoms with Crippen LogP contribution in [0.1, 0.15) is 61.0 Å². The molecule has 29 heavy (non-hydrogen) atoms. The average molecular weight is 431 g/mol. The number of hydrogen-bond donors (Lipinski definition) is 2. The molecule has 1 aromatic carbocycles. The second-order valence-electron chi connectivity index (χ2n) is 7.35. The van der Waals surface area contributed by atoms with Crippen LogP contribution in [0.15, 0.2) is 28.7 Å². The Labute approximate surface area is 179 Å². The zero-order valence-electron chi connectivity index (χ0n) is 16.6. The Morgan fingerprint density at radius 2 is 2.14 bits per heavy atom. The first-order chi connectivity index (χ1) is 14.2. The molecule has 154 valence electrons. The molecule has 6 nitrogen and oxygen atoms in total. The molecule has 2 aromatic heterocycles. The molecule has 1 fully saturated rings. The Balaban J connectivity index is 1.53. The second kappa shape index (κ2) is 9.17. The molecule has 0 aliphatic heterocycles. The summed E-state index contributed by atoms with van der Waals surface area (Å²) in [5, 5.41) is 11.6. The molecule has 0 saturated heterocycles. The first kappa shape index (κ1) is 20.2. The van der Waals surface area contributed by atoms with Crippen molar-refractivity contribution in [3.63, 3.8) is 0 Å². The lowest BCUT2D eigenvalue weighted by Crippen LogP contribution is -2.25. The van der Waals surface area contributed by atoms with E-state index in [1.54, 1.807) is 0 Å². The van der Waals surface area contributed by atoms with Gasteiger partial charge in [-0.25, -0.2) is 0 Å². The van der Waals surface area contributed by atoms with Crippen LogP contribution in [0.4, 0.5) is 0 Å². The molecule has 1 aliphatic rings. The molecular formula is C21H26N4O2S2. The van der Waals surface area contributed by atoms with Crippen molar-refractivity contribution in [1.82, 2.24) is 20.1 Å². The van der Waals surface area contributed by atoms with E-state index in [0.29, 0.717) is 34.7 Å². The summed E-state index contributed by atoms with van der Waals surface area (Å²) in [4.78, 5) is 13.0. The van der Waals surface area contributed by atoms with Gasteiger partial charge in [0.05, 0.1) is 6.54 Å². The minimum Gasteiger partial charge on any atom is -0.451 e. The summed E-state index contributed by atoms with van der Waals surface area (Å²) >= 11 is 7.17. The highest BCUT2D eigenvalue weighted by Gasteiger charge is 2.23. The molecule has 0 radical (unpaired) electrons. The van der Waals surface area contributed by atoms with Crippen LogP contribution in [0.3, 0.4) is 0 Å². The maximum absolute atomic E-state index is 13.0. The van der Waals surface area contributed by atoms with Gasteiger partial charge in [0.1, 0.15) is 5.58 Å². The van der Waals surface area contributed by atoms with E-state index in [1.807, 2.05) is 47.5 Å². The highest BCUT2D eigenvalue weighted by molar-refractivity contribution is 7.99. The van der Waals surface area contributed by atoms with E-state index in [2.05, 4.69) is 15.5 Å². The van der Waals surface area contributed by atoms with Crippen LogP contribution in [-0.2, 0) is 18.8 Å². The van der Waals surface area contributed by atoms with E-state index in [9.17, 15) is 4.79 Å². The molecule has 3 aromatic rings. The molecule has 0 unspecified atom stereocenters. The zero-order chi connectivity index (χ0) is 20.2. The van der Waals surface area contributed by atoms with Crippen molar-refractivity contribution < 1.29 is 9.21 Å². The summed E-state index contributed by atoms with van der Waals surface area (Å²) < 4.78 is 8.40. The SMILES string of the molecule is CCn1c(CNC(=O)c2oc3ccccc3c2CSC2CCCCC2)n[nH]c1=S. The maximum Gasteiger partial charge on any atom is 0.287 e. The van der Waals surface area contributed by atoms with Gasteiger partial charge in [0.25, 0.3) is 5.91 Å². The minimum atomic E-state index is -0.211. The summed E-state index contributed by atoms with van der Waals surface area (Å²) in [6.07, 6.45) is 6.49. The van der Waals surface area contributed by atoms with Crippen molar-refractivity contribution >= 4 is 40.9 Å². The summed E-state index contributed by atoms with van der Waals surface area (Å²) in [5.41, 5.74) is 1.75. The quantitative estimate of drug-likeness (QED) is 0.504. The first-order valence-corrected chi connectivity index (χ1v) is 11.7. The van der Waals surface area contributed by atoms with E-state index in [4.69, 9.17) is 16.6 Å². The molecule has 0 atom stereocenters. The van der Waals surface area contributed by atoms with Crippen LogP contribution in [-0.4, -0.2) is 25.9 Å². The standard InChI is InChI=1S/C21H26N4O2S2/c1-2-25-18(23-24-21(25)28)12-22-20(26)19-16(13-29-14-8-4-3-5-9-14)15-10-6-7-11-17(15)27-19/h6-7,10-11,14H,2-5,8-9,12-13H2,1H3,(H,22,26)(H,24,28). The number of carbonyl (C=O) groups excluding carboxylic acids is 1. The second-order valence-corrected chi connectivity index (χ2v) is 9.02. The van der Waals surface area contributed by atoms with Crippen molar-refractivity contribution in [2.24, 2.45) is 0 Å². The lowest BCUT2D eigenvalue weighted by molar-refractivity contribution is 0.0923. The fourth-order valence-corrected chi connectivity index (χ4v) is 5.55. The predicted octanol–water partition coefficient (Wildman–Crippen LogP) is 5.20. The number of aromatic nitrogens is 3. The van der Waals surface area contributed by atoms with Gasteiger partial charge in [0.2, 0.25) is 0 Å². The molecule has 1 amide bonds. The van der Waals surface area contributed by atoms with Crippen LogP contribution in [0, 0.1) is 4.77 Å². The first-order valence-electron chi connectivity index (χ1n) is 10.2. The molecule has 0 spiro atoms. The van der Waals surface area contributed by atoms with Crippen molar-refractivity contribution in [3.05, 3.63) is 46.2 Å². The fraction of sp³-hybridized carbons (Fsp3) is 0.476. The molecule has 2 heterocycles. The lowest BCUT2D eigenvalue weighted by atomic mass is 10.0. The van der Waals surface area contributed by atoms with E-state index >= 15 is 0 Å². The third kappa shape index (κ3) is 4.43. The van der Waals surface area contributed by atoms with Gasteiger partial charge in [0, 0.05) is 28.5 Å². The topological polar surface area (TPSA) is 75.8 Å². The third-order valence-corrected chi connectivity index (χ3v) is 7.19. The van der Waals surface area contributed by atoms with Gasteiger partial charge in [-0.1, -0.05) is 37.5 Å². The Kier molecular flexibility index (Phi) is 6.40. The smallest absolute Gasteiger partial charge is 0.287 e. The Hall–Kier alpha value is -2.06. The van der Waals surface area contributed by atoms with Gasteiger partial charge < -0.3 is 14.3 Å². The average Bonchev–Trinajstić information content (AvgIpc) is 3.31. The van der Waals surface area contributed by atoms with Crippen molar-refractivity contribution in [1.29, 1.82) is 0 Å². The summed E-state index contributed by atoms with van der Waals surface area (Å²) in [7, 11) is 0. The molecule has 8 heteroatoms. The number of nitrogens with one attached hydrogen (secondary N) is 2. The monoisotopic (exact) mass is 430 g/mol. The fourth-order valence-electron chi connectivity index (χ4n) is 3.91. The van der Waals surface area contributed by atoms with Gasteiger partial charge in [0.15, 0.2) is 16.4 Å². The molecule has 0 bridgehead atoms. The van der Waals surface area contributed by atoms with E-state index < -0.39 is 0 Å². The number of furan rings is 1. The van der Waals surface area contributed by atoms with Gasteiger partial charge in [-0.15, -0.1) is 0 Å². The number of rotatable bonds is 7. The maximum atomic E-state index is 13.0. The van der Waals surface area contributed by atoms with E-state index in [1.165, 1.54) is 32.1 Å². The lowest BCUT2D eigenvalue weighted by Gasteiger charge is -2.20. The zero-order valence-corrected chi connectivity index (χ0v) is 18.2. The molecule has 1 aliphatic carbocycles. The number of hydrogen-bond acceptors (Lipinski definition) is 5. The predicted molar refractivity (Wildman–Crippen MR) is 119 cm³/mol. The number of fused-ring (bicyclic) bond motifs is 1. The number of aromatic amines is 1. The number of thioether (sulfide) groups is 1. The number of nitrogens with zero attached hydrogens (tertiary/aromatic N) is 2. The van der Waals surface area contributed by atoms with E-state index in [0.717, 1.165) is 22.3 Å².